The van der Waals surface area contributed by atoms with Crippen LogP contribution in [0.15, 0.2) is 25.3 Å². The van der Waals surface area contributed by atoms with Crippen LogP contribution in [-0.4, -0.2) is 136 Å². The Kier molecular flexibility index (Phi) is 12.1. The highest BCUT2D eigenvalue weighted by Crippen LogP contribution is 2.60. The maximum Gasteiger partial charge on any atom is 0.509 e. The van der Waals surface area contributed by atoms with E-state index in [1.54, 1.807) is 20.8 Å². The third-order valence-corrected chi connectivity index (χ3v) is 12.2. The number of likely N-dealkylation sites (N-methyl/N-ethyl adjacent to an activating group) is 1. The van der Waals surface area contributed by atoms with Crippen molar-refractivity contribution in [1.82, 2.24) is 43.9 Å². The summed E-state index contributed by atoms with van der Waals surface area (Å²) in [4.78, 5) is 52.0. The smallest absolute Gasteiger partial charge is 0.444 e. The van der Waals surface area contributed by atoms with Gasteiger partial charge in [-0.15, -0.1) is 0 Å². The molecule has 7 rings (SSSR count). The summed E-state index contributed by atoms with van der Waals surface area (Å²) in [6.45, 7) is -3.80. The molecule has 3 aliphatic rings. The highest BCUT2D eigenvalue weighted by molar-refractivity contribution is 8.44. The quantitative estimate of drug-likeness (QED) is 0.105. The summed E-state index contributed by atoms with van der Waals surface area (Å²) >= 11 is 8.37. The Bertz CT molecular complexity index is 2320. The monoisotopic (exact) mass is 905 g/mol. The summed E-state index contributed by atoms with van der Waals surface area (Å²) < 4.78 is 82.8. The first-order chi connectivity index (χ1) is 27.7. The number of aliphatic hydroxyl groups is 1. The van der Waals surface area contributed by atoms with Gasteiger partial charge >= 0.3 is 25.8 Å². The number of amides is 1. The number of fused-ring (bicyclic) bond motifs is 5. The summed E-state index contributed by atoms with van der Waals surface area (Å²) in [5.41, 5.74) is 11.9. The molecule has 0 aromatic carbocycles. The number of anilines is 2. The molecular weight excluding hydrogens is 864 g/mol. The van der Waals surface area contributed by atoms with Gasteiger partial charge in [-0.25, -0.2) is 48.6 Å². The molecule has 25 nitrogen and oxygen atoms in total. The maximum atomic E-state index is 14.0. The third kappa shape index (κ3) is 9.39. The molecule has 0 aliphatic carbocycles. The van der Waals surface area contributed by atoms with E-state index in [9.17, 15) is 23.8 Å². The normalized spacial score (nSPS) is 32.1. The molecule has 2 bridgehead atoms. The van der Waals surface area contributed by atoms with Gasteiger partial charge in [0.2, 0.25) is 0 Å². The van der Waals surface area contributed by atoms with Crippen LogP contribution in [0.3, 0.4) is 0 Å². The molecule has 7 heterocycles. The number of hydrogen-bond donors (Lipinski definition) is 5. The fourth-order valence-electron chi connectivity index (χ4n) is 6.47. The van der Waals surface area contributed by atoms with Crippen molar-refractivity contribution < 1.29 is 65.6 Å². The molecule has 29 heteroatoms. The van der Waals surface area contributed by atoms with Gasteiger partial charge < -0.3 is 45.2 Å². The highest BCUT2D eigenvalue weighted by Gasteiger charge is 2.55. The summed E-state index contributed by atoms with van der Waals surface area (Å²) in [7, 11) is 1.46. The van der Waals surface area contributed by atoms with Crippen LogP contribution < -0.4 is 11.5 Å². The number of rotatable bonds is 6. The molecule has 0 spiro atoms. The van der Waals surface area contributed by atoms with E-state index in [1.165, 1.54) is 53.3 Å². The molecule has 59 heavy (non-hydrogen) atoms. The molecule has 3 aliphatic heterocycles. The highest BCUT2D eigenvalue weighted by atomic mass is 32.7. The van der Waals surface area contributed by atoms with Crippen LogP contribution in [0.2, 0.25) is 0 Å². The SMILES string of the molecule is CC(CN(C)C(=O)OC(C)(C)C)OC(=O)O[C@@H]1[C@@H]2O[P@](=O)(S)OC[C@H]3O[C@@H](n4cnc5c(N)ncnc54)[C@H](O[P@](=O)(S)OC[C@H]2O[C@H]1n1cnc2c(N)ncnc21)[C@@H]3O. The lowest BCUT2D eigenvalue weighted by atomic mass is 10.1. The number of hydrogen-bond acceptors (Lipinski definition) is 22. The van der Waals surface area contributed by atoms with E-state index in [0.29, 0.717) is 0 Å². The molecule has 322 valence electrons. The van der Waals surface area contributed by atoms with Crippen molar-refractivity contribution in [1.29, 1.82) is 0 Å². The van der Waals surface area contributed by atoms with Crippen molar-refractivity contribution in [3.05, 3.63) is 25.3 Å². The maximum absolute atomic E-state index is 14.0. The number of thiol groups is 2. The summed E-state index contributed by atoms with van der Waals surface area (Å²) in [5, 5.41) is 11.4. The van der Waals surface area contributed by atoms with Crippen LogP contribution in [-0.2, 0) is 50.9 Å². The van der Waals surface area contributed by atoms with Gasteiger partial charge in [0.25, 0.3) is 0 Å². The second-order valence-electron chi connectivity index (χ2n) is 14.6. The zero-order valence-electron chi connectivity index (χ0n) is 31.8. The van der Waals surface area contributed by atoms with Crippen LogP contribution in [0.4, 0.5) is 21.2 Å². The number of imidazole rings is 2. The first-order valence-electron chi connectivity index (χ1n) is 17.7. The summed E-state index contributed by atoms with van der Waals surface area (Å²) in [6.07, 6.45) is -9.55. The predicted octanol–water partition coefficient (Wildman–Crippen LogP) is 2.66. The fourth-order valence-corrected chi connectivity index (χ4v) is 9.41. The van der Waals surface area contributed by atoms with Crippen LogP contribution in [0.5, 0.6) is 0 Å². The molecule has 5 N–H and O–H groups in total. The number of nitrogen functional groups attached to an aromatic ring is 2. The van der Waals surface area contributed by atoms with Crippen LogP contribution >= 0.6 is 38.1 Å². The Hall–Kier alpha value is -3.88. The van der Waals surface area contributed by atoms with Crippen LogP contribution in [0, 0.1) is 0 Å². The minimum Gasteiger partial charge on any atom is -0.444 e. The van der Waals surface area contributed by atoms with Gasteiger partial charge in [-0.3, -0.25) is 27.2 Å². The summed E-state index contributed by atoms with van der Waals surface area (Å²) in [6, 6.07) is 0. The zero-order chi connectivity index (χ0) is 42.6. The second kappa shape index (κ2) is 16.5. The number of aromatic nitrogens is 8. The molecule has 4 aromatic rings. The standard InChI is InChI=1S/C30H41N11O14P2S2/c1-13(6-39(5)28(43)53-30(2,3)4)49-29(44)52-21-19-15(51-27(21)41-12-38-17-23(32)34-10-36-25(17)41)8-48-57(46,59)55-20-18(42)14(7-47-56(45,58)54-19)50-26(20)40-11-37-16-22(31)33-9-35-24(16)40/h9-15,18-21,26-27,42H,6-8H2,1-5H3,(H,45,58)(H,46,59)(H2,31,33,35)(H2,32,34,36)/t13?,14-,15-,18-,19-,20-,21-,26-,27-,56-,57-/m1/s1. The lowest BCUT2D eigenvalue weighted by molar-refractivity contribution is -0.0688. The van der Waals surface area contributed by atoms with E-state index in [-0.39, 0.29) is 40.5 Å². The number of ether oxygens (including phenoxy) is 5. The molecule has 0 saturated carbocycles. The van der Waals surface area contributed by atoms with E-state index in [4.69, 9.17) is 53.2 Å². The van der Waals surface area contributed by atoms with Crippen molar-refractivity contribution in [3.63, 3.8) is 0 Å². The molecule has 3 fully saturated rings. The number of nitrogens with two attached hydrogens (primary N) is 2. The van der Waals surface area contributed by atoms with Gasteiger partial charge in [0.15, 0.2) is 41.5 Å². The second-order valence-corrected chi connectivity index (χ2v) is 20.3. The minimum absolute atomic E-state index is 0.0204. The molecule has 1 unspecified atom stereocenters. The number of nitrogens with zero attached hydrogens (tertiary/aromatic N) is 9. The van der Waals surface area contributed by atoms with Gasteiger partial charge in [-0.1, -0.05) is 24.5 Å². The van der Waals surface area contributed by atoms with Crippen molar-refractivity contribution in [3.8, 4) is 0 Å². The topological polar surface area (TPSA) is 314 Å². The first kappa shape index (κ1) is 43.2. The van der Waals surface area contributed by atoms with Crippen LogP contribution in [0.1, 0.15) is 40.2 Å². The Morgan fingerprint density at radius 3 is 2.00 bits per heavy atom. The lowest BCUT2D eigenvalue weighted by Crippen LogP contribution is -2.41. The van der Waals surface area contributed by atoms with E-state index >= 15 is 0 Å². The van der Waals surface area contributed by atoms with Crippen LogP contribution in [0.25, 0.3) is 22.3 Å². The largest absolute Gasteiger partial charge is 0.509 e. The molecule has 11 atom stereocenters. The van der Waals surface area contributed by atoms with Crippen molar-refractivity contribution in [2.24, 2.45) is 0 Å². The number of aliphatic hydroxyl groups excluding tert-OH is 1. The zero-order valence-corrected chi connectivity index (χ0v) is 35.4. The van der Waals surface area contributed by atoms with Gasteiger partial charge in [0.1, 0.15) is 65.9 Å². The molecule has 4 aromatic heterocycles. The Balaban J connectivity index is 1.17. The van der Waals surface area contributed by atoms with Gasteiger partial charge in [-0.05, 0) is 27.7 Å². The van der Waals surface area contributed by atoms with Gasteiger partial charge in [-0.2, -0.15) is 0 Å². The number of carbonyl (C=O) groups excluding carboxylic acids is 2. The lowest BCUT2D eigenvalue weighted by Gasteiger charge is -2.28. The predicted molar refractivity (Wildman–Crippen MR) is 208 cm³/mol. The van der Waals surface area contributed by atoms with E-state index in [0.717, 1.165) is 0 Å². The van der Waals surface area contributed by atoms with E-state index in [1.807, 2.05) is 0 Å². The average molecular weight is 906 g/mol. The average Bonchev–Trinajstić information content (AvgIpc) is 3.91. The molecule has 0 radical (unpaired) electrons. The minimum atomic E-state index is -4.53. The van der Waals surface area contributed by atoms with Crippen molar-refractivity contribution in [2.45, 2.75) is 88.5 Å². The van der Waals surface area contributed by atoms with Crippen molar-refractivity contribution >= 4 is 84.3 Å². The fraction of sp³-hybridized carbons (Fsp3) is 0.600. The van der Waals surface area contributed by atoms with Crippen molar-refractivity contribution in [2.75, 3.05) is 38.3 Å². The number of carbonyl (C=O) groups is 2. The Morgan fingerprint density at radius 2 is 1.42 bits per heavy atom. The molecular formula is C30H41N11O14P2S2. The molecule has 1 amide bonds. The van der Waals surface area contributed by atoms with E-state index < -0.39 is 99.8 Å². The van der Waals surface area contributed by atoms with E-state index in [2.05, 4.69) is 54.4 Å². The van der Waals surface area contributed by atoms with Gasteiger partial charge in [0, 0.05) is 7.05 Å². The first-order valence-corrected chi connectivity index (χ1v) is 23.1. The third-order valence-electron chi connectivity index (χ3n) is 9.00. The Morgan fingerprint density at radius 1 is 0.898 bits per heavy atom. The Labute approximate surface area is 345 Å². The summed E-state index contributed by atoms with van der Waals surface area (Å²) in [5.74, 6) is 0.0788. The van der Waals surface area contributed by atoms with Gasteiger partial charge in [0.05, 0.1) is 32.4 Å². The molecule has 3 saturated heterocycles.